The predicted octanol–water partition coefficient (Wildman–Crippen LogP) is 3.64. The molecule has 0 aliphatic heterocycles. The molecule has 2 N–H and O–H groups in total. The zero-order valence-corrected chi connectivity index (χ0v) is 16.1. The van der Waals surface area contributed by atoms with E-state index < -0.39 is 10.0 Å². The third kappa shape index (κ3) is 4.86. The molecule has 0 bridgehead atoms. The van der Waals surface area contributed by atoms with Crippen molar-refractivity contribution in [1.29, 1.82) is 0 Å². The molecule has 6 nitrogen and oxygen atoms in total. The van der Waals surface area contributed by atoms with Gasteiger partial charge in [-0.05, 0) is 69.7 Å². The van der Waals surface area contributed by atoms with Crippen molar-refractivity contribution in [2.24, 2.45) is 5.92 Å². The summed E-state index contributed by atoms with van der Waals surface area (Å²) in [6.45, 7) is 4.34. The van der Waals surface area contributed by atoms with Crippen molar-refractivity contribution in [3.8, 4) is 11.3 Å². The van der Waals surface area contributed by atoms with Gasteiger partial charge in [-0.3, -0.25) is 0 Å². The van der Waals surface area contributed by atoms with Gasteiger partial charge in [-0.25, -0.2) is 18.1 Å². The minimum atomic E-state index is -3.17. The Hall–Kier alpha value is -1.86. The highest BCUT2D eigenvalue weighted by molar-refractivity contribution is 7.90. The van der Waals surface area contributed by atoms with Gasteiger partial charge in [0.1, 0.15) is 0 Å². The van der Waals surface area contributed by atoms with Crippen LogP contribution in [0.1, 0.15) is 39.5 Å². The van der Waals surface area contributed by atoms with E-state index in [9.17, 15) is 8.42 Å². The fourth-order valence-electron chi connectivity index (χ4n) is 3.23. The minimum absolute atomic E-state index is 0.0832. The number of rotatable bonds is 7. The van der Waals surface area contributed by atoms with Crippen LogP contribution in [0.5, 0.6) is 0 Å². The maximum Gasteiger partial charge on any atom is 0.214 e. The first-order valence-corrected chi connectivity index (χ1v) is 10.7. The van der Waals surface area contributed by atoms with E-state index in [1.54, 1.807) is 20.0 Å². The molecule has 7 heteroatoms. The Bertz CT molecular complexity index is 778. The van der Waals surface area contributed by atoms with Crippen LogP contribution in [0.4, 0.5) is 5.69 Å². The fraction of sp³-hybridized carbons (Fsp3) is 0.526. The first-order valence-electron chi connectivity index (χ1n) is 9.18. The number of aromatic nitrogens is 1. The van der Waals surface area contributed by atoms with E-state index in [0.29, 0.717) is 5.92 Å². The summed E-state index contributed by atoms with van der Waals surface area (Å²) in [5.74, 6) is 1.34. The van der Waals surface area contributed by atoms with Gasteiger partial charge >= 0.3 is 0 Å². The van der Waals surface area contributed by atoms with Crippen LogP contribution < -0.4 is 10.0 Å². The number of hydrogen-bond donors (Lipinski definition) is 2. The topological polar surface area (TPSA) is 84.2 Å². The lowest BCUT2D eigenvalue weighted by molar-refractivity contribution is 0.323. The summed E-state index contributed by atoms with van der Waals surface area (Å²) in [6, 6.07) is 8.20. The maximum absolute atomic E-state index is 12.0. The standard InChI is InChI=1S/C19H27N3O3S/c1-14(2)26(23,24)22-18-7-3-15(4-8-18)11-21-17-9-5-16(6-10-17)19-12-20-13-25-19/h5-6,9-10,12-15,18,21-22H,3-4,7-8,11H2,1-2H3. The SMILES string of the molecule is CC(C)S(=O)(=O)NC1CCC(CNc2ccc(-c3cnco3)cc2)CC1. The Labute approximate surface area is 155 Å². The average molecular weight is 378 g/mol. The van der Waals surface area contributed by atoms with Crippen LogP contribution >= 0.6 is 0 Å². The van der Waals surface area contributed by atoms with Crippen LogP contribution in [0.3, 0.4) is 0 Å². The lowest BCUT2D eigenvalue weighted by Gasteiger charge is -2.29. The van der Waals surface area contributed by atoms with E-state index in [2.05, 4.69) is 15.0 Å². The highest BCUT2D eigenvalue weighted by Crippen LogP contribution is 2.26. The Morgan fingerprint density at radius 1 is 1.15 bits per heavy atom. The second-order valence-electron chi connectivity index (χ2n) is 7.25. The molecule has 0 unspecified atom stereocenters. The Morgan fingerprint density at radius 3 is 2.42 bits per heavy atom. The van der Waals surface area contributed by atoms with E-state index in [1.165, 1.54) is 6.39 Å². The van der Waals surface area contributed by atoms with E-state index in [1.807, 2.05) is 24.3 Å². The number of nitrogens with zero attached hydrogens (tertiary/aromatic N) is 1. The normalized spacial score (nSPS) is 21.0. The molecule has 2 aromatic rings. The lowest BCUT2D eigenvalue weighted by atomic mass is 9.86. The number of nitrogens with one attached hydrogen (secondary N) is 2. The molecule has 1 aromatic carbocycles. The quantitative estimate of drug-likeness (QED) is 0.769. The molecule has 0 amide bonds. The Kier molecular flexibility index (Phi) is 5.98. The molecule has 1 fully saturated rings. The fourth-order valence-corrected chi connectivity index (χ4v) is 4.20. The van der Waals surface area contributed by atoms with Crippen LogP contribution in [0.25, 0.3) is 11.3 Å². The third-order valence-electron chi connectivity index (χ3n) is 4.99. The number of hydrogen-bond acceptors (Lipinski definition) is 5. The summed E-state index contributed by atoms with van der Waals surface area (Å²) in [7, 11) is -3.17. The van der Waals surface area contributed by atoms with Gasteiger partial charge < -0.3 is 9.73 Å². The summed E-state index contributed by atoms with van der Waals surface area (Å²) < 4.78 is 32.1. The molecule has 3 rings (SSSR count). The summed E-state index contributed by atoms with van der Waals surface area (Å²) in [6.07, 6.45) is 7.02. The molecule has 26 heavy (non-hydrogen) atoms. The molecule has 0 atom stereocenters. The predicted molar refractivity (Wildman–Crippen MR) is 103 cm³/mol. The Morgan fingerprint density at radius 2 is 1.85 bits per heavy atom. The van der Waals surface area contributed by atoms with Gasteiger partial charge in [0.05, 0.1) is 11.4 Å². The summed E-state index contributed by atoms with van der Waals surface area (Å²) in [5.41, 5.74) is 2.09. The van der Waals surface area contributed by atoms with Crippen LogP contribution in [0.15, 0.2) is 41.3 Å². The van der Waals surface area contributed by atoms with Crippen LogP contribution in [0.2, 0.25) is 0 Å². The van der Waals surface area contributed by atoms with Gasteiger partial charge in [-0.1, -0.05) is 0 Å². The molecular formula is C19H27N3O3S. The zero-order valence-electron chi connectivity index (χ0n) is 15.3. The monoisotopic (exact) mass is 377 g/mol. The molecule has 142 valence electrons. The molecule has 1 heterocycles. The smallest absolute Gasteiger partial charge is 0.214 e. The van der Waals surface area contributed by atoms with Crippen molar-refractivity contribution < 1.29 is 12.8 Å². The van der Waals surface area contributed by atoms with Gasteiger partial charge in [0.25, 0.3) is 0 Å². The van der Waals surface area contributed by atoms with Gasteiger partial charge in [0.2, 0.25) is 10.0 Å². The number of oxazole rings is 1. The highest BCUT2D eigenvalue weighted by Gasteiger charge is 2.26. The zero-order chi connectivity index (χ0) is 18.6. The van der Waals surface area contributed by atoms with Crippen LogP contribution in [0, 0.1) is 5.92 Å². The van der Waals surface area contributed by atoms with Crippen molar-refractivity contribution in [1.82, 2.24) is 9.71 Å². The van der Waals surface area contributed by atoms with E-state index in [0.717, 1.165) is 49.2 Å². The molecular weight excluding hydrogens is 350 g/mol. The molecule has 1 saturated carbocycles. The first kappa shape index (κ1) is 18.9. The molecule has 1 aromatic heterocycles. The summed E-state index contributed by atoms with van der Waals surface area (Å²) >= 11 is 0. The molecule has 1 aliphatic rings. The van der Waals surface area contributed by atoms with Crippen LogP contribution in [-0.4, -0.2) is 31.2 Å². The minimum Gasteiger partial charge on any atom is -0.444 e. The summed E-state index contributed by atoms with van der Waals surface area (Å²) in [5, 5.41) is 3.11. The number of sulfonamides is 1. The molecule has 0 spiro atoms. The maximum atomic E-state index is 12.0. The van der Waals surface area contributed by atoms with E-state index in [-0.39, 0.29) is 11.3 Å². The van der Waals surface area contributed by atoms with Gasteiger partial charge in [-0.2, -0.15) is 0 Å². The molecule has 0 saturated heterocycles. The molecule has 1 aliphatic carbocycles. The van der Waals surface area contributed by atoms with Crippen molar-refractivity contribution in [2.45, 2.75) is 50.8 Å². The van der Waals surface area contributed by atoms with Gasteiger partial charge in [-0.15, -0.1) is 0 Å². The second kappa shape index (κ2) is 8.22. The number of benzene rings is 1. The van der Waals surface area contributed by atoms with Crippen molar-refractivity contribution in [3.63, 3.8) is 0 Å². The molecule has 0 radical (unpaired) electrons. The second-order valence-corrected chi connectivity index (χ2v) is 9.52. The van der Waals surface area contributed by atoms with Gasteiger partial charge in [0.15, 0.2) is 12.2 Å². The third-order valence-corrected chi connectivity index (χ3v) is 6.90. The first-order chi connectivity index (χ1) is 12.4. The Balaban J connectivity index is 1.44. The van der Waals surface area contributed by atoms with E-state index in [4.69, 9.17) is 4.42 Å². The average Bonchev–Trinajstić information content (AvgIpc) is 3.16. The lowest BCUT2D eigenvalue weighted by Crippen LogP contribution is -2.41. The largest absolute Gasteiger partial charge is 0.444 e. The van der Waals surface area contributed by atoms with Crippen molar-refractivity contribution in [3.05, 3.63) is 36.9 Å². The summed E-state index contributed by atoms with van der Waals surface area (Å²) in [4.78, 5) is 3.93. The van der Waals surface area contributed by atoms with Crippen LogP contribution in [-0.2, 0) is 10.0 Å². The van der Waals surface area contributed by atoms with Gasteiger partial charge in [0, 0.05) is 23.8 Å². The van der Waals surface area contributed by atoms with Crippen molar-refractivity contribution in [2.75, 3.05) is 11.9 Å². The van der Waals surface area contributed by atoms with E-state index >= 15 is 0 Å². The highest BCUT2D eigenvalue weighted by atomic mass is 32.2. The number of anilines is 1. The van der Waals surface area contributed by atoms with Crippen molar-refractivity contribution >= 4 is 15.7 Å².